The Morgan fingerprint density at radius 2 is 2.10 bits per heavy atom. The van der Waals surface area contributed by atoms with E-state index in [9.17, 15) is 0 Å². The second-order valence-electron chi connectivity index (χ2n) is 5.03. The van der Waals surface area contributed by atoms with Crippen molar-refractivity contribution < 1.29 is 0 Å². The van der Waals surface area contributed by atoms with E-state index in [0.717, 1.165) is 37.4 Å². The molecule has 1 aromatic carbocycles. The van der Waals surface area contributed by atoms with Crippen molar-refractivity contribution in [3.63, 3.8) is 0 Å². The maximum atomic E-state index is 5.83. The third-order valence-corrected chi connectivity index (χ3v) is 4.18. The van der Waals surface area contributed by atoms with Gasteiger partial charge in [-0.2, -0.15) is 0 Å². The van der Waals surface area contributed by atoms with Crippen LogP contribution in [0.5, 0.6) is 0 Å². The van der Waals surface area contributed by atoms with Crippen molar-refractivity contribution in [2.24, 2.45) is 0 Å². The van der Waals surface area contributed by atoms with E-state index in [2.05, 4.69) is 39.1 Å². The number of fused-ring (bicyclic) bond motifs is 1. The number of hydrogen-bond donors (Lipinski definition) is 1. The molecule has 0 spiro atoms. The van der Waals surface area contributed by atoms with Crippen molar-refractivity contribution in [2.75, 3.05) is 6.54 Å². The molecule has 0 radical (unpaired) electrons. The van der Waals surface area contributed by atoms with Gasteiger partial charge in [0, 0.05) is 37.3 Å². The molecule has 0 aliphatic carbocycles. The van der Waals surface area contributed by atoms with Crippen molar-refractivity contribution in [3.8, 4) is 0 Å². The number of alkyl halides is 1. The van der Waals surface area contributed by atoms with Crippen LogP contribution in [0.1, 0.15) is 22.6 Å². The molecule has 3 nitrogen and oxygen atoms in total. The van der Waals surface area contributed by atoms with E-state index in [1.807, 2.05) is 6.07 Å². The molecule has 5 heteroatoms. The number of hydrogen-bond acceptors (Lipinski definition) is 3. The van der Waals surface area contributed by atoms with Crippen LogP contribution < -0.4 is 0 Å². The quantitative estimate of drug-likeness (QED) is 0.696. The molecule has 0 atom stereocenters. The first kappa shape index (κ1) is 13.7. The molecule has 0 bridgehead atoms. The lowest BCUT2D eigenvalue weighted by Crippen LogP contribution is -2.31. The van der Waals surface area contributed by atoms with Gasteiger partial charge in [-0.15, -0.1) is 11.6 Å². The number of benzene rings is 1. The largest absolute Gasteiger partial charge is 0.346 e. The molecule has 0 saturated carbocycles. The van der Waals surface area contributed by atoms with E-state index in [4.69, 9.17) is 23.8 Å². The minimum atomic E-state index is 0.380. The van der Waals surface area contributed by atoms with Gasteiger partial charge in [-0.3, -0.25) is 4.90 Å². The molecule has 2 aromatic rings. The number of H-pyrrole nitrogens is 1. The van der Waals surface area contributed by atoms with Crippen LogP contribution in [0.4, 0.5) is 0 Å². The zero-order chi connectivity index (χ0) is 13.9. The number of aromatic amines is 1. The molecule has 1 N–H and O–H groups in total. The maximum Gasteiger partial charge on any atom is 0.134 e. The minimum absolute atomic E-state index is 0.380. The standard InChI is InChI=1S/C15H16ClN3S/c16-8-14-17-13-6-7-19(10-12(13)15(20)18-14)9-11-4-2-1-3-5-11/h1-5H,6-10H2,(H,17,18,20). The van der Waals surface area contributed by atoms with Gasteiger partial charge < -0.3 is 4.98 Å². The van der Waals surface area contributed by atoms with Gasteiger partial charge in [-0.05, 0) is 5.56 Å². The number of nitrogens with one attached hydrogen (secondary N) is 1. The topological polar surface area (TPSA) is 31.9 Å². The Balaban J connectivity index is 1.80. The highest BCUT2D eigenvalue weighted by atomic mass is 35.5. The van der Waals surface area contributed by atoms with Crippen LogP contribution in [-0.2, 0) is 25.4 Å². The second-order valence-corrected chi connectivity index (χ2v) is 5.68. The molecule has 1 aliphatic rings. The molecule has 0 unspecified atom stereocenters. The summed E-state index contributed by atoms with van der Waals surface area (Å²) in [5, 5.41) is 0. The maximum absolute atomic E-state index is 5.83. The number of nitrogens with zero attached hydrogens (tertiary/aromatic N) is 2. The Morgan fingerprint density at radius 1 is 1.30 bits per heavy atom. The molecule has 0 amide bonds. The van der Waals surface area contributed by atoms with Crippen LogP contribution in [0.15, 0.2) is 30.3 Å². The average molecular weight is 306 g/mol. The number of halogens is 1. The predicted molar refractivity (Wildman–Crippen MR) is 83.2 cm³/mol. The summed E-state index contributed by atoms with van der Waals surface area (Å²) in [6, 6.07) is 10.5. The molecular formula is C15H16ClN3S. The fourth-order valence-corrected chi connectivity index (χ4v) is 3.01. The molecule has 104 valence electrons. The summed E-state index contributed by atoms with van der Waals surface area (Å²) in [5.74, 6) is 1.15. The smallest absolute Gasteiger partial charge is 0.134 e. The number of rotatable bonds is 3. The third kappa shape index (κ3) is 2.92. The Bertz CT molecular complexity index is 654. The van der Waals surface area contributed by atoms with E-state index in [0.29, 0.717) is 10.5 Å². The number of aromatic nitrogens is 2. The van der Waals surface area contributed by atoms with Gasteiger partial charge in [0.05, 0.1) is 5.88 Å². The summed E-state index contributed by atoms with van der Waals surface area (Å²) in [7, 11) is 0. The van der Waals surface area contributed by atoms with Crippen molar-refractivity contribution in [3.05, 3.63) is 57.6 Å². The van der Waals surface area contributed by atoms with Gasteiger partial charge >= 0.3 is 0 Å². The summed E-state index contributed by atoms with van der Waals surface area (Å²) < 4.78 is 0.687. The molecule has 1 aliphatic heterocycles. The van der Waals surface area contributed by atoms with Crippen LogP contribution >= 0.6 is 23.8 Å². The van der Waals surface area contributed by atoms with Crippen LogP contribution in [-0.4, -0.2) is 21.4 Å². The molecular weight excluding hydrogens is 290 g/mol. The molecule has 2 heterocycles. The van der Waals surface area contributed by atoms with Crippen molar-refractivity contribution in [1.82, 2.24) is 14.9 Å². The zero-order valence-electron chi connectivity index (χ0n) is 11.1. The Morgan fingerprint density at radius 3 is 2.85 bits per heavy atom. The van der Waals surface area contributed by atoms with Gasteiger partial charge in [0.25, 0.3) is 0 Å². The van der Waals surface area contributed by atoms with Gasteiger partial charge in [0.1, 0.15) is 10.5 Å². The fourth-order valence-electron chi connectivity index (χ4n) is 2.59. The summed E-state index contributed by atoms with van der Waals surface area (Å²) in [6.07, 6.45) is 0.970. The Kier molecular flexibility index (Phi) is 4.15. The molecule has 3 rings (SSSR count). The van der Waals surface area contributed by atoms with Crippen LogP contribution in [0.25, 0.3) is 0 Å². The highest BCUT2D eigenvalue weighted by Crippen LogP contribution is 2.20. The van der Waals surface area contributed by atoms with E-state index in [1.54, 1.807) is 0 Å². The normalized spacial score (nSPS) is 15.1. The first-order chi connectivity index (χ1) is 9.76. The highest BCUT2D eigenvalue weighted by molar-refractivity contribution is 7.71. The van der Waals surface area contributed by atoms with E-state index in [-0.39, 0.29) is 0 Å². The van der Waals surface area contributed by atoms with Gasteiger partial charge in [-0.25, -0.2) is 4.98 Å². The summed E-state index contributed by atoms with van der Waals surface area (Å²) in [6.45, 7) is 2.83. The lowest BCUT2D eigenvalue weighted by atomic mass is 10.1. The average Bonchev–Trinajstić information content (AvgIpc) is 2.48. The van der Waals surface area contributed by atoms with Crippen LogP contribution in [0, 0.1) is 4.64 Å². The minimum Gasteiger partial charge on any atom is -0.346 e. The predicted octanol–water partition coefficient (Wildman–Crippen LogP) is 3.44. The van der Waals surface area contributed by atoms with E-state index < -0.39 is 0 Å². The summed E-state index contributed by atoms with van der Waals surface area (Å²) in [5.41, 5.74) is 3.68. The molecule has 0 saturated heterocycles. The SMILES string of the molecule is S=c1nc(CCl)[nH]c2c1CN(Cc1ccccc1)CC2. The van der Waals surface area contributed by atoms with Crippen molar-refractivity contribution >= 4 is 23.8 Å². The Hall–Kier alpha value is -1.23. The molecule has 0 fully saturated rings. The van der Waals surface area contributed by atoms with Crippen LogP contribution in [0.3, 0.4) is 0 Å². The lowest BCUT2D eigenvalue weighted by Gasteiger charge is -2.28. The second kappa shape index (κ2) is 6.04. The molecule has 1 aromatic heterocycles. The van der Waals surface area contributed by atoms with Gasteiger partial charge in [-0.1, -0.05) is 42.5 Å². The zero-order valence-corrected chi connectivity index (χ0v) is 12.7. The van der Waals surface area contributed by atoms with E-state index >= 15 is 0 Å². The third-order valence-electron chi connectivity index (χ3n) is 3.59. The first-order valence-electron chi connectivity index (χ1n) is 6.69. The first-order valence-corrected chi connectivity index (χ1v) is 7.63. The molecule has 20 heavy (non-hydrogen) atoms. The fraction of sp³-hybridized carbons (Fsp3) is 0.333. The summed E-state index contributed by atoms with van der Waals surface area (Å²) in [4.78, 5) is 10.1. The van der Waals surface area contributed by atoms with Gasteiger partial charge in [0.15, 0.2) is 0 Å². The monoisotopic (exact) mass is 305 g/mol. The van der Waals surface area contributed by atoms with Crippen molar-refractivity contribution in [2.45, 2.75) is 25.4 Å². The van der Waals surface area contributed by atoms with E-state index in [1.165, 1.54) is 11.3 Å². The van der Waals surface area contributed by atoms with Crippen molar-refractivity contribution in [1.29, 1.82) is 0 Å². The Labute approximate surface area is 128 Å². The van der Waals surface area contributed by atoms with Gasteiger partial charge in [0.2, 0.25) is 0 Å². The lowest BCUT2D eigenvalue weighted by molar-refractivity contribution is 0.242. The highest BCUT2D eigenvalue weighted by Gasteiger charge is 2.19. The summed E-state index contributed by atoms with van der Waals surface area (Å²) >= 11 is 11.2. The van der Waals surface area contributed by atoms with Crippen LogP contribution in [0.2, 0.25) is 0 Å².